The first-order chi connectivity index (χ1) is 12.6. The summed E-state index contributed by atoms with van der Waals surface area (Å²) in [7, 11) is -2.75. The number of rotatable bonds is 6. The zero-order valence-electron chi connectivity index (χ0n) is 14.9. The van der Waals surface area contributed by atoms with Gasteiger partial charge in [-0.15, -0.1) is 4.89 Å². The SMILES string of the molecule is CC(c1ccccc1)c1cccc(C(C)c2ccccc2)c1O[P+](=O)O. The summed E-state index contributed by atoms with van der Waals surface area (Å²) in [5, 5.41) is 0. The van der Waals surface area contributed by atoms with Crippen LogP contribution in [-0.4, -0.2) is 4.89 Å². The minimum absolute atomic E-state index is 0.0454. The van der Waals surface area contributed by atoms with Crippen molar-refractivity contribution in [3.8, 4) is 5.75 Å². The molecule has 3 nitrogen and oxygen atoms in total. The van der Waals surface area contributed by atoms with Crippen molar-refractivity contribution in [1.29, 1.82) is 0 Å². The molecular weight excluding hydrogens is 343 g/mol. The van der Waals surface area contributed by atoms with Crippen molar-refractivity contribution in [2.45, 2.75) is 25.7 Å². The lowest BCUT2D eigenvalue weighted by atomic mass is 9.86. The van der Waals surface area contributed by atoms with Crippen molar-refractivity contribution in [2.75, 3.05) is 0 Å². The molecule has 4 heteroatoms. The second-order valence-electron chi connectivity index (χ2n) is 6.36. The van der Waals surface area contributed by atoms with Gasteiger partial charge in [-0.05, 0) is 11.1 Å². The molecule has 3 unspecified atom stereocenters. The van der Waals surface area contributed by atoms with E-state index in [2.05, 4.69) is 38.1 Å². The van der Waals surface area contributed by atoms with Crippen LogP contribution in [0.1, 0.15) is 47.9 Å². The molecule has 3 atom stereocenters. The van der Waals surface area contributed by atoms with E-state index in [4.69, 9.17) is 4.52 Å². The Hall–Kier alpha value is -2.48. The van der Waals surface area contributed by atoms with Gasteiger partial charge in [-0.1, -0.05) is 92.7 Å². The van der Waals surface area contributed by atoms with Gasteiger partial charge in [0.2, 0.25) is 0 Å². The van der Waals surface area contributed by atoms with Crippen LogP contribution in [0.2, 0.25) is 0 Å². The Balaban J connectivity index is 2.09. The van der Waals surface area contributed by atoms with E-state index >= 15 is 0 Å². The molecule has 0 amide bonds. The summed E-state index contributed by atoms with van der Waals surface area (Å²) in [6.45, 7) is 4.16. The van der Waals surface area contributed by atoms with Crippen LogP contribution >= 0.6 is 8.25 Å². The monoisotopic (exact) mass is 365 g/mol. The van der Waals surface area contributed by atoms with E-state index in [1.54, 1.807) is 0 Å². The van der Waals surface area contributed by atoms with Gasteiger partial charge in [-0.25, -0.2) is 4.52 Å². The molecule has 26 heavy (non-hydrogen) atoms. The van der Waals surface area contributed by atoms with Crippen molar-refractivity contribution in [3.05, 3.63) is 101 Å². The molecule has 3 aromatic carbocycles. The van der Waals surface area contributed by atoms with Crippen molar-refractivity contribution in [3.63, 3.8) is 0 Å². The van der Waals surface area contributed by atoms with Gasteiger partial charge in [0, 0.05) is 27.5 Å². The summed E-state index contributed by atoms with van der Waals surface area (Å²) in [6, 6.07) is 26.1. The van der Waals surface area contributed by atoms with Gasteiger partial charge in [0.25, 0.3) is 0 Å². The summed E-state index contributed by atoms with van der Waals surface area (Å²) in [4.78, 5) is 9.45. The molecule has 0 fully saturated rings. The maximum atomic E-state index is 11.5. The molecule has 1 N–H and O–H groups in total. The van der Waals surface area contributed by atoms with Gasteiger partial charge in [0.15, 0.2) is 5.75 Å². The smallest absolute Gasteiger partial charge is 0.229 e. The Labute approximate surface area is 155 Å². The van der Waals surface area contributed by atoms with E-state index in [0.29, 0.717) is 5.75 Å². The molecule has 132 valence electrons. The van der Waals surface area contributed by atoms with Crippen LogP contribution in [0.5, 0.6) is 5.75 Å². The first-order valence-corrected chi connectivity index (χ1v) is 9.77. The van der Waals surface area contributed by atoms with Crippen LogP contribution in [0, 0.1) is 0 Å². The van der Waals surface area contributed by atoms with Gasteiger partial charge in [0.05, 0.1) is 0 Å². The molecule has 0 aliphatic carbocycles. The predicted molar refractivity (Wildman–Crippen MR) is 105 cm³/mol. The Morgan fingerprint density at radius 3 is 1.54 bits per heavy atom. The highest BCUT2D eigenvalue weighted by Gasteiger charge is 2.27. The maximum absolute atomic E-state index is 11.5. The predicted octanol–water partition coefficient (Wildman–Crippen LogP) is 6.02. The van der Waals surface area contributed by atoms with E-state index < -0.39 is 8.25 Å². The molecule has 0 radical (unpaired) electrons. The fraction of sp³-hybridized carbons (Fsp3) is 0.182. The minimum Gasteiger partial charge on any atom is -0.229 e. The highest BCUT2D eigenvalue weighted by atomic mass is 31.1. The van der Waals surface area contributed by atoms with Crippen LogP contribution in [0.25, 0.3) is 0 Å². The van der Waals surface area contributed by atoms with Crippen LogP contribution in [0.4, 0.5) is 0 Å². The molecule has 0 saturated carbocycles. The molecule has 0 saturated heterocycles. The molecule has 3 aromatic rings. The molecule has 3 rings (SSSR count). The fourth-order valence-corrected chi connectivity index (χ4v) is 3.65. The van der Waals surface area contributed by atoms with Gasteiger partial charge in [0.1, 0.15) is 0 Å². The van der Waals surface area contributed by atoms with E-state index in [1.807, 2.05) is 54.6 Å². The zero-order valence-corrected chi connectivity index (χ0v) is 15.8. The van der Waals surface area contributed by atoms with Crippen molar-refractivity contribution < 1.29 is 14.0 Å². The average Bonchev–Trinajstić information content (AvgIpc) is 2.68. The van der Waals surface area contributed by atoms with E-state index in [0.717, 1.165) is 22.3 Å². The van der Waals surface area contributed by atoms with Gasteiger partial charge in [-0.3, -0.25) is 0 Å². The Bertz CT molecular complexity index is 815. The lowest BCUT2D eigenvalue weighted by molar-refractivity contribution is 0.405. The lowest BCUT2D eigenvalue weighted by Crippen LogP contribution is -2.04. The summed E-state index contributed by atoms with van der Waals surface area (Å²) in [6.07, 6.45) is 0. The third kappa shape index (κ3) is 4.01. The molecule has 0 spiro atoms. The first-order valence-electron chi connectivity index (χ1n) is 8.64. The third-order valence-electron chi connectivity index (χ3n) is 4.78. The minimum atomic E-state index is -2.75. The molecule has 0 aromatic heterocycles. The largest absolute Gasteiger partial charge is 0.747 e. The second-order valence-corrected chi connectivity index (χ2v) is 7.02. The molecule has 0 heterocycles. The highest BCUT2D eigenvalue weighted by Crippen LogP contribution is 2.42. The number of hydrogen-bond donors (Lipinski definition) is 1. The van der Waals surface area contributed by atoms with Gasteiger partial charge in [-0.2, -0.15) is 0 Å². The van der Waals surface area contributed by atoms with E-state index in [1.165, 1.54) is 0 Å². The van der Waals surface area contributed by atoms with E-state index in [9.17, 15) is 9.46 Å². The summed E-state index contributed by atoms with van der Waals surface area (Å²) >= 11 is 0. The highest BCUT2D eigenvalue weighted by molar-refractivity contribution is 7.32. The molecular formula is C22H22O3P+. The van der Waals surface area contributed by atoms with Gasteiger partial charge >= 0.3 is 8.25 Å². The second kappa shape index (κ2) is 8.27. The summed E-state index contributed by atoms with van der Waals surface area (Å²) < 4.78 is 16.9. The fourth-order valence-electron chi connectivity index (χ4n) is 3.28. The Morgan fingerprint density at radius 1 is 0.731 bits per heavy atom. The van der Waals surface area contributed by atoms with Crippen LogP contribution in [0.15, 0.2) is 78.9 Å². The zero-order chi connectivity index (χ0) is 18.5. The number of para-hydroxylation sites is 1. The number of hydrogen-bond acceptors (Lipinski definition) is 2. The lowest BCUT2D eigenvalue weighted by Gasteiger charge is -2.19. The Kier molecular flexibility index (Phi) is 5.82. The van der Waals surface area contributed by atoms with Gasteiger partial charge < -0.3 is 0 Å². The summed E-state index contributed by atoms with van der Waals surface area (Å²) in [5.74, 6) is 0.594. The normalized spacial score (nSPS) is 13.7. The Morgan fingerprint density at radius 2 is 1.15 bits per heavy atom. The molecule has 0 aliphatic rings. The van der Waals surface area contributed by atoms with Crippen LogP contribution in [0.3, 0.4) is 0 Å². The van der Waals surface area contributed by atoms with Crippen molar-refractivity contribution in [2.24, 2.45) is 0 Å². The quantitative estimate of drug-likeness (QED) is 0.544. The van der Waals surface area contributed by atoms with Crippen LogP contribution < -0.4 is 4.52 Å². The summed E-state index contributed by atoms with van der Waals surface area (Å²) in [5.41, 5.74) is 4.09. The average molecular weight is 365 g/mol. The van der Waals surface area contributed by atoms with Crippen molar-refractivity contribution in [1.82, 2.24) is 0 Å². The standard InChI is InChI=1S/C22H21O3P/c1-16(18-10-5-3-6-11-18)20-14-9-15-21(22(20)25-26(23)24)17(2)19-12-7-4-8-13-19/h3-17H,1-2H3/p+1. The molecule has 0 bridgehead atoms. The first kappa shape index (κ1) is 18.3. The molecule has 0 aliphatic heterocycles. The topological polar surface area (TPSA) is 46.5 Å². The van der Waals surface area contributed by atoms with E-state index in [-0.39, 0.29) is 11.8 Å². The number of benzene rings is 3. The van der Waals surface area contributed by atoms with Crippen LogP contribution in [-0.2, 0) is 4.57 Å². The van der Waals surface area contributed by atoms with Crippen molar-refractivity contribution >= 4 is 8.25 Å². The third-order valence-corrected chi connectivity index (χ3v) is 5.12. The maximum Gasteiger partial charge on any atom is 0.747 e.